The van der Waals surface area contributed by atoms with Crippen molar-refractivity contribution in [2.75, 3.05) is 40.3 Å². The van der Waals surface area contributed by atoms with E-state index in [0.717, 1.165) is 45.0 Å². The van der Waals surface area contributed by atoms with E-state index in [9.17, 15) is 0 Å². The van der Waals surface area contributed by atoms with E-state index in [1.54, 1.807) is 0 Å². The fraction of sp³-hybridized carbons (Fsp3) is 0.500. The van der Waals surface area contributed by atoms with Gasteiger partial charge in [-0.3, -0.25) is 4.99 Å². The molecular weight excluding hydrogens is 413 g/mol. The smallest absolute Gasteiger partial charge is 0.191 e. The molecule has 0 fully saturated rings. The van der Waals surface area contributed by atoms with Crippen molar-refractivity contribution >= 4 is 40.8 Å². The Hall–Kier alpha value is -1.28. The molecule has 0 saturated heterocycles. The van der Waals surface area contributed by atoms with Gasteiger partial charge in [-0.1, -0.05) is 18.2 Å². The van der Waals surface area contributed by atoms with Crippen LogP contribution in [-0.4, -0.2) is 56.1 Å². The average Bonchev–Trinajstić information content (AvgIpc) is 2.95. The van der Waals surface area contributed by atoms with E-state index in [1.807, 2.05) is 0 Å². The molecule has 134 valence electrons. The van der Waals surface area contributed by atoms with Crippen molar-refractivity contribution in [3.63, 3.8) is 0 Å². The molecule has 0 spiro atoms. The second kappa shape index (κ2) is 11.3. The van der Waals surface area contributed by atoms with Crippen LogP contribution >= 0.6 is 24.0 Å². The molecule has 1 heterocycles. The van der Waals surface area contributed by atoms with Gasteiger partial charge >= 0.3 is 0 Å². The fourth-order valence-electron chi connectivity index (χ4n) is 2.57. The summed E-state index contributed by atoms with van der Waals surface area (Å²) in [5.74, 6) is 0.908. The van der Waals surface area contributed by atoms with Gasteiger partial charge in [0.1, 0.15) is 0 Å². The Kier molecular flexibility index (Phi) is 9.78. The third-order valence-corrected chi connectivity index (χ3v) is 3.74. The first-order chi connectivity index (χ1) is 11.2. The highest BCUT2D eigenvalue weighted by Gasteiger charge is 2.03. The minimum atomic E-state index is 0. The highest BCUT2D eigenvalue weighted by Crippen LogP contribution is 2.17. The third-order valence-electron chi connectivity index (χ3n) is 3.74. The Balaban J connectivity index is 0.00000288. The molecule has 6 heteroatoms. The molecule has 24 heavy (non-hydrogen) atoms. The molecule has 2 rings (SSSR count). The minimum absolute atomic E-state index is 0. The number of hydrogen-bond acceptors (Lipinski definition) is 2. The van der Waals surface area contributed by atoms with Crippen LogP contribution in [0.1, 0.15) is 18.9 Å². The molecule has 0 unspecified atom stereocenters. The van der Waals surface area contributed by atoms with Crippen LogP contribution in [0.2, 0.25) is 0 Å². The van der Waals surface area contributed by atoms with Gasteiger partial charge in [0.2, 0.25) is 0 Å². The monoisotopic (exact) mass is 443 g/mol. The molecule has 0 aliphatic heterocycles. The van der Waals surface area contributed by atoms with Crippen molar-refractivity contribution in [2.45, 2.75) is 19.8 Å². The largest absolute Gasteiger partial charge is 0.361 e. The second-order valence-electron chi connectivity index (χ2n) is 5.95. The van der Waals surface area contributed by atoms with Gasteiger partial charge in [-0.05, 0) is 52.0 Å². The summed E-state index contributed by atoms with van der Waals surface area (Å²) in [6.07, 6.45) is 4.16. The number of hydrogen-bond donors (Lipinski definition) is 3. The Morgan fingerprint density at radius 3 is 2.75 bits per heavy atom. The van der Waals surface area contributed by atoms with E-state index < -0.39 is 0 Å². The van der Waals surface area contributed by atoms with E-state index in [4.69, 9.17) is 0 Å². The normalized spacial score (nSPS) is 11.6. The number of halogens is 1. The quantitative estimate of drug-likeness (QED) is 0.255. The van der Waals surface area contributed by atoms with Gasteiger partial charge in [0.25, 0.3) is 0 Å². The first kappa shape index (κ1) is 20.8. The van der Waals surface area contributed by atoms with Crippen LogP contribution in [0.15, 0.2) is 35.5 Å². The van der Waals surface area contributed by atoms with Gasteiger partial charge in [-0.25, -0.2) is 0 Å². The highest BCUT2D eigenvalue weighted by molar-refractivity contribution is 14.0. The summed E-state index contributed by atoms with van der Waals surface area (Å²) >= 11 is 0. The van der Waals surface area contributed by atoms with Gasteiger partial charge in [-0.15, -0.1) is 24.0 Å². The maximum Gasteiger partial charge on any atom is 0.191 e. The minimum Gasteiger partial charge on any atom is -0.361 e. The summed E-state index contributed by atoms with van der Waals surface area (Å²) in [4.78, 5) is 10.1. The van der Waals surface area contributed by atoms with Crippen LogP contribution < -0.4 is 10.6 Å². The Labute approximate surface area is 162 Å². The summed E-state index contributed by atoms with van der Waals surface area (Å²) in [7, 11) is 4.18. The van der Waals surface area contributed by atoms with E-state index in [2.05, 4.69) is 77.0 Å². The van der Waals surface area contributed by atoms with Crippen LogP contribution in [0.25, 0.3) is 10.9 Å². The summed E-state index contributed by atoms with van der Waals surface area (Å²) in [5.41, 5.74) is 2.54. The van der Waals surface area contributed by atoms with E-state index >= 15 is 0 Å². The van der Waals surface area contributed by atoms with Gasteiger partial charge < -0.3 is 20.5 Å². The topological polar surface area (TPSA) is 55.5 Å². The summed E-state index contributed by atoms with van der Waals surface area (Å²) < 4.78 is 0. The van der Waals surface area contributed by atoms with Crippen LogP contribution in [-0.2, 0) is 6.42 Å². The number of H-pyrrole nitrogens is 1. The zero-order valence-corrected chi connectivity index (χ0v) is 17.3. The van der Waals surface area contributed by atoms with Gasteiger partial charge in [0.15, 0.2) is 5.96 Å². The second-order valence-corrected chi connectivity index (χ2v) is 5.95. The van der Waals surface area contributed by atoms with Crippen molar-refractivity contribution in [3.8, 4) is 0 Å². The molecule has 2 aromatic rings. The molecule has 0 radical (unpaired) electrons. The molecule has 3 N–H and O–H groups in total. The molecule has 0 aliphatic rings. The summed E-state index contributed by atoms with van der Waals surface area (Å²) in [6.45, 7) is 5.77. The molecule has 5 nitrogen and oxygen atoms in total. The number of fused-ring (bicyclic) bond motifs is 1. The lowest BCUT2D eigenvalue weighted by atomic mass is 10.1. The lowest BCUT2D eigenvalue weighted by Gasteiger charge is -2.12. The van der Waals surface area contributed by atoms with Gasteiger partial charge in [0.05, 0.1) is 0 Å². The number of aromatic nitrogens is 1. The predicted octanol–water partition coefficient (Wildman–Crippen LogP) is 2.84. The molecule has 1 aromatic heterocycles. The molecule has 0 bridgehead atoms. The Bertz CT molecular complexity index is 621. The zero-order chi connectivity index (χ0) is 16.5. The number of rotatable bonds is 8. The third kappa shape index (κ3) is 6.68. The summed E-state index contributed by atoms with van der Waals surface area (Å²) in [6, 6.07) is 8.43. The molecule has 0 amide bonds. The Morgan fingerprint density at radius 1 is 1.21 bits per heavy atom. The number of guanidine groups is 1. The highest BCUT2D eigenvalue weighted by atomic mass is 127. The number of aromatic amines is 1. The van der Waals surface area contributed by atoms with Crippen LogP contribution in [0.5, 0.6) is 0 Å². The van der Waals surface area contributed by atoms with Crippen molar-refractivity contribution < 1.29 is 0 Å². The average molecular weight is 443 g/mol. The van der Waals surface area contributed by atoms with Gasteiger partial charge in [0, 0.05) is 36.7 Å². The van der Waals surface area contributed by atoms with Crippen LogP contribution in [0, 0.1) is 0 Å². The van der Waals surface area contributed by atoms with Crippen molar-refractivity contribution in [3.05, 3.63) is 36.0 Å². The van der Waals surface area contributed by atoms with Crippen molar-refractivity contribution in [1.29, 1.82) is 0 Å². The Morgan fingerprint density at radius 2 is 2.00 bits per heavy atom. The zero-order valence-electron chi connectivity index (χ0n) is 14.9. The first-order valence-corrected chi connectivity index (χ1v) is 8.42. The van der Waals surface area contributed by atoms with E-state index in [0.29, 0.717) is 0 Å². The van der Waals surface area contributed by atoms with Crippen molar-refractivity contribution in [1.82, 2.24) is 20.5 Å². The molecule has 0 aliphatic carbocycles. The molecule has 0 saturated carbocycles. The number of nitrogens with zero attached hydrogens (tertiary/aromatic N) is 2. The standard InChI is InChI=1S/C18H29N5.HI/c1-4-19-18(20-11-7-13-23(2)3)21-12-10-15-14-22-17-9-6-5-8-16(15)17;/h5-6,8-9,14,22H,4,7,10-13H2,1-3H3,(H2,19,20,21);1H. The van der Waals surface area contributed by atoms with E-state index in [-0.39, 0.29) is 24.0 Å². The number of aliphatic imine (C=N–C) groups is 1. The lowest BCUT2D eigenvalue weighted by molar-refractivity contribution is 0.403. The SMILES string of the molecule is CCNC(=NCCCN(C)C)NCCc1c[nH]c2ccccc12.I. The first-order valence-electron chi connectivity index (χ1n) is 8.42. The van der Waals surface area contributed by atoms with E-state index in [1.165, 1.54) is 16.5 Å². The molecule has 0 atom stereocenters. The number of nitrogens with one attached hydrogen (secondary N) is 3. The number of para-hydroxylation sites is 1. The maximum absolute atomic E-state index is 4.63. The molecular formula is C18H30IN5. The molecule has 1 aromatic carbocycles. The van der Waals surface area contributed by atoms with Crippen LogP contribution in [0.4, 0.5) is 0 Å². The van der Waals surface area contributed by atoms with Crippen molar-refractivity contribution in [2.24, 2.45) is 4.99 Å². The van der Waals surface area contributed by atoms with Crippen LogP contribution in [0.3, 0.4) is 0 Å². The van der Waals surface area contributed by atoms with Gasteiger partial charge in [-0.2, -0.15) is 0 Å². The number of benzene rings is 1. The summed E-state index contributed by atoms with van der Waals surface area (Å²) in [5, 5.41) is 8.04. The predicted molar refractivity (Wildman–Crippen MR) is 115 cm³/mol. The maximum atomic E-state index is 4.63. The fourth-order valence-corrected chi connectivity index (χ4v) is 2.57. The lowest BCUT2D eigenvalue weighted by Crippen LogP contribution is -2.38.